The third-order valence-corrected chi connectivity index (χ3v) is 5.12. The molecule has 1 aliphatic heterocycles. The molecule has 1 aromatic carbocycles. The number of fused-ring (bicyclic) bond motifs is 1. The first-order chi connectivity index (χ1) is 11.3. The van der Waals surface area contributed by atoms with Gasteiger partial charge in [0.2, 0.25) is 5.95 Å². The number of phenols is 1. The molecular formula is C16H17N5OS. The van der Waals surface area contributed by atoms with Gasteiger partial charge in [-0.15, -0.1) is 11.3 Å². The number of aromatic hydroxyl groups is 1. The molecule has 0 radical (unpaired) electrons. The van der Waals surface area contributed by atoms with Crippen molar-refractivity contribution < 1.29 is 5.11 Å². The van der Waals surface area contributed by atoms with Crippen LogP contribution in [0.1, 0.15) is 16.0 Å². The van der Waals surface area contributed by atoms with Gasteiger partial charge in [0.05, 0.1) is 6.54 Å². The maximum atomic E-state index is 9.95. The number of phenolic OH excluding ortho intramolecular Hbond substituents is 1. The predicted molar refractivity (Wildman–Crippen MR) is 88.7 cm³/mol. The van der Waals surface area contributed by atoms with Crippen molar-refractivity contribution in [3.8, 4) is 5.75 Å². The van der Waals surface area contributed by atoms with Crippen LogP contribution in [0, 0.1) is 0 Å². The normalized spacial score (nSPS) is 14.0. The van der Waals surface area contributed by atoms with E-state index in [0.717, 1.165) is 49.6 Å². The number of aromatic nitrogens is 4. The van der Waals surface area contributed by atoms with Crippen LogP contribution >= 0.6 is 11.3 Å². The number of aryl methyl sites for hydroxylation is 2. The van der Waals surface area contributed by atoms with E-state index in [1.165, 1.54) is 4.88 Å². The zero-order chi connectivity index (χ0) is 15.6. The molecule has 6 nitrogen and oxygen atoms in total. The molecule has 4 rings (SSSR count). The molecule has 0 fully saturated rings. The summed E-state index contributed by atoms with van der Waals surface area (Å²) in [5.41, 5.74) is 2.19. The average Bonchev–Trinajstić information content (AvgIpc) is 3.24. The summed E-state index contributed by atoms with van der Waals surface area (Å²) < 4.78 is 1.87. The van der Waals surface area contributed by atoms with Crippen molar-refractivity contribution in [3.05, 3.63) is 51.7 Å². The minimum absolute atomic E-state index is 0.388. The maximum Gasteiger partial charge on any atom is 0.245 e. The lowest BCUT2D eigenvalue weighted by Gasteiger charge is -2.29. The Kier molecular flexibility index (Phi) is 3.70. The van der Waals surface area contributed by atoms with Crippen LogP contribution in [0.3, 0.4) is 0 Å². The van der Waals surface area contributed by atoms with Crippen molar-refractivity contribution in [3.63, 3.8) is 0 Å². The van der Waals surface area contributed by atoms with Crippen molar-refractivity contribution in [2.24, 2.45) is 0 Å². The third kappa shape index (κ3) is 2.79. The summed E-state index contributed by atoms with van der Waals surface area (Å²) >= 11 is 1.76. The largest absolute Gasteiger partial charge is 0.508 e. The Balaban J connectivity index is 1.52. The molecule has 0 saturated carbocycles. The summed E-state index contributed by atoms with van der Waals surface area (Å²) in [5.74, 6) is 1.19. The van der Waals surface area contributed by atoms with Gasteiger partial charge < -0.3 is 10.0 Å². The second-order valence-electron chi connectivity index (χ2n) is 5.62. The molecule has 3 heterocycles. The number of hydrogen-bond acceptors (Lipinski definition) is 6. The highest BCUT2D eigenvalue weighted by Crippen LogP contribution is 2.28. The van der Waals surface area contributed by atoms with Crippen LogP contribution in [0.25, 0.3) is 0 Å². The number of rotatable bonds is 4. The van der Waals surface area contributed by atoms with E-state index in [0.29, 0.717) is 5.75 Å². The molecule has 1 N–H and O–H groups in total. The standard InChI is InChI=1S/C16H17N5OS/c22-15-5-1-3-12-11-20(8-7-14(12)15)16-17-18-19-21(16)9-6-13-4-2-10-23-13/h1-5,10,22H,6-9,11H2. The molecule has 1 aliphatic rings. The molecule has 0 atom stereocenters. The van der Waals surface area contributed by atoms with Gasteiger partial charge in [-0.2, -0.15) is 0 Å². The van der Waals surface area contributed by atoms with Crippen molar-refractivity contribution in [1.82, 2.24) is 20.2 Å². The fourth-order valence-corrected chi connectivity index (χ4v) is 3.70. The average molecular weight is 327 g/mol. The second-order valence-corrected chi connectivity index (χ2v) is 6.65. The monoisotopic (exact) mass is 327 g/mol. The van der Waals surface area contributed by atoms with Gasteiger partial charge in [-0.25, -0.2) is 4.68 Å². The smallest absolute Gasteiger partial charge is 0.245 e. The summed E-state index contributed by atoms with van der Waals surface area (Å²) in [7, 11) is 0. The molecule has 3 aromatic rings. The van der Waals surface area contributed by atoms with Gasteiger partial charge in [0.25, 0.3) is 0 Å². The van der Waals surface area contributed by atoms with E-state index in [1.807, 2.05) is 10.7 Å². The Hall–Kier alpha value is -2.41. The highest BCUT2D eigenvalue weighted by molar-refractivity contribution is 7.09. The first kappa shape index (κ1) is 14.2. The quantitative estimate of drug-likeness (QED) is 0.796. The lowest BCUT2D eigenvalue weighted by atomic mass is 9.99. The van der Waals surface area contributed by atoms with Gasteiger partial charge in [0.1, 0.15) is 5.75 Å². The molecule has 2 aromatic heterocycles. The summed E-state index contributed by atoms with van der Waals surface area (Å²) in [6, 6.07) is 9.89. The van der Waals surface area contributed by atoms with E-state index in [9.17, 15) is 5.11 Å². The highest BCUT2D eigenvalue weighted by Gasteiger charge is 2.22. The molecule has 0 amide bonds. The Morgan fingerprint density at radius 1 is 1.22 bits per heavy atom. The lowest BCUT2D eigenvalue weighted by molar-refractivity contribution is 0.463. The molecule has 0 aliphatic carbocycles. The molecule has 0 bridgehead atoms. The van der Waals surface area contributed by atoms with E-state index < -0.39 is 0 Å². The van der Waals surface area contributed by atoms with Crippen LogP contribution in [0.5, 0.6) is 5.75 Å². The Morgan fingerprint density at radius 3 is 3.04 bits per heavy atom. The van der Waals surface area contributed by atoms with E-state index in [4.69, 9.17) is 0 Å². The van der Waals surface area contributed by atoms with Gasteiger partial charge in [-0.05, 0) is 39.9 Å². The summed E-state index contributed by atoms with van der Waals surface area (Å²) in [5, 5.41) is 24.2. The zero-order valence-corrected chi connectivity index (χ0v) is 13.4. The first-order valence-corrected chi connectivity index (χ1v) is 8.52. The number of thiophene rings is 1. The van der Waals surface area contributed by atoms with Gasteiger partial charge in [-0.1, -0.05) is 23.3 Å². The SMILES string of the molecule is Oc1cccc2c1CCN(c1nnnn1CCc1cccs1)C2. The van der Waals surface area contributed by atoms with Crippen molar-refractivity contribution in [2.75, 3.05) is 11.4 Å². The second kappa shape index (κ2) is 6.00. The van der Waals surface area contributed by atoms with Crippen LogP contribution in [-0.2, 0) is 25.9 Å². The highest BCUT2D eigenvalue weighted by atomic mass is 32.1. The summed E-state index contributed by atoms with van der Waals surface area (Å²) in [4.78, 5) is 3.51. The molecule has 118 valence electrons. The third-order valence-electron chi connectivity index (χ3n) is 4.19. The number of benzene rings is 1. The molecule has 0 unspecified atom stereocenters. The van der Waals surface area contributed by atoms with Gasteiger partial charge >= 0.3 is 0 Å². The van der Waals surface area contributed by atoms with E-state index in [-0.39, 0.29) is 0 Å². The van der Waals surface area contributed by atoms with Crippen LogP contribution < -0.4 is 4.90 Å². The van der Waals surface area contributed by atoms with Crippen LogP contribution in [0.15, 0.2) is 35.7 Å². The zero-order valence-electron chi connectivity index (χ0n) is 12.6. The van der Waals surface area contributed by atoms with E-state index >= 15 is 0 Å². The van der Waals surface area contributed by atoms with Gasteiger partial charge in [0, 0.05) is 30.0 Å². The summed E-state index contributed by atoms with van der Waals surface area (Å²) in [6.07, 6.45) is 1.74. The predicted octanol–water partition coefficient (Wildman–Crippen LogP) is 2.25. The van der Waals surface area contributed by atoms with E-state index in [1.54, 1.807) is 17.4 Å². The van der Waals surface area contributed by atoms with Crippen molar-refractivity contribution >= 4 is 17.3 Å². The van der Waals surface area contributed by atoms with E-state index in [2.05, 4.69) is 44.0 Å². The topological polar surface area (TPSA) is 67.1 Å². The number of anilines is 1. The minimum Gasteiger partial charge on any atom is -0.508 e. The fourth-order valence-electron chi connectivity index (χ4n) is 3.00. The number of nitrogens with zero attached hydrogens (tertiary/aromatic N) is 5. The Bertz CT molecular complexity index is 799. The van der Waals surface area contributed by atoms with Gasteiger partial charge in [-0.3, -0.25) is 0 Å². The maximum absolute atomic E-state index is 9.95. The summed E-state index contributed by atoms with van der Waals surface area (Å²) in [6.45, 7) is 2.30. The minimum atomic E-state index is 0.388. The van der Waals surface area contributed by atoms with Crippen molar-refractivity contribution in [2.45, 2.75) is 25.9 Å². The fraction of sp³-hybridized carbons (Fsp3) is 0.312. The van der Waals surface area contributed by atoms with Crippen LogP contribution in [-0.4, -0.2) is 31.9 Å². The molecule has 0 spiro atoms. The molecule has 7 heteroatoms. The Labute approximate surface area is 138 Å². The molecule has 23 heavy (non-hydrogen) atoms. The van der Waals surface area contributed by atoms with Gasteiger partial charge in [0.15, 0.2) is 0 Å². The molecule has 0 saturated heterocycles. The number of hydrogen-bond donors (Lipinski definition) is 1. The van der Waals surface area contributed by atoms with Crippen LogP contribution in [0.4, 0.5) is 5.95 Å². The van der Waals surface area contributed by atoms with Crippen molar-refractivity contribution in [1.29, 1.82) is 0 Å². The first-order valence-electron chi connectivity index (χ1n) is 7.64. The lowest BCUT2D eigenvalue weighted by Crippen LogP contribution is -2.33. The number of tetrazole rings is 1. The molecular weight excluding hydrogens is 310 g/mol. The van der Waals surface area contributed by atoms with Crippen LogP contribution in [0.2, 0.25) is 0 Å². The Morgan fingerprint density at radius 2 is 2.17 bits per heavy atom.